The molecule has 0 spiro atoms. The molecular weight excluding hydrogens is 1040 g/mol. The van der Waals surface area contributed by atoms with Gasteiger partial charge < -0.3 is 20.3 Å². The van der Waals surface area contributed by atoms with Crippen LogP contribution in [-0.4, -0.2) is 47.4 Å². The second-order valence-electron chi connectivity index (χ2n) is 27.0. The molecule has 0 aromatic rings. The Kier molecular flexibility index (Phi) is 73.3. The summed E-state index contributed by atoms with van der Waals surface area (Å²) in [7, 11) is 0. The van der Waals surface area contributed by atoms with Crippen molar-refractivity contribution >= 4 is 11.9 Å². The number of amides is 1. The summed E-state index contributed by atoms with van der Waals surface area (Å²) in [6, 6.07) is -0.537. The molecule has 0 rings (SSSR count). The standard InChI is InChI=1S/C79H153NO5/c1-3-5-7-9-11-13-15-17-44-47-51-55-59-63-67-71-77(82)76(75-81)80-78(83)72-68-64-60-56-52-48-45-42-40-38-36-34-32-30-28-26-24-22-20-19-21-23-25-27-29-31-33-35-37-39-41-43-46-50-54-58-62-66-70-74-85-79(84)73-69-65-61-57-53-49-18-16-14-12-10-8-6-4-2/h16,18-20,76-77,81-82H,3-15,17,21-75H2,1-2H3,(H,80,83)/b18-16-,20-19-. The van der Waals surface area contributed by atoms with Gasteiger partial charge in [-0.2, -0.15) is 0 Å². The minimum Gasteiger partial charge on any atom is -0.466 e. The van der Waals surface area contributed by atoms with Gasteiger partial charge in [-0.1, -0.05) is 378 Å². The van der Waals surface area contributed by atoms with Crippen molar-refractivity contribution in [3.05, 3.63) is 24.3 Å². The van der Waals surface area contributed by atoms with Crippen molar-refractivity contribution in [2.75, 3.05) is 13.2 Å². The molecule has 0 bridgehead atoms. The Morgan fingerprint density at radius 2 is 0.553 bits per heavy atom. The number of esters is 1. The molecule has 0 saturated carbocycles. The molecule has 3 N–H and O–H groups in total. The van der Waals surface area contributed by atoms with Crippen LogP contribution in [0.1, 0.15) is 444 Å². The molecular formula is C79H153NO5. The van der Waals surface area contributed by atoms with Crippen molar-refractivity contribution < 1.29 is 24.5 Å². The van der Waals surface area contributed by atoms with E-state index >= 15 is 0 Å². The molecule has 0 fully saturated rings. The molecule has 0 radical (unpaired) electrons. The van der Waals surface area contributed by atoms with Crippen LogP contribution in [0.2, 0.25) is 0 Å². The van der Waals surface area contributed by atoms with E-state index in [1.807, 2.05) is 0 Å². The molecule has 0 aromatic carbocycles. The SMILES string of the molecule is CCCCCCC/C=C\CCCCCCCC(=O)OCCCCCCCCCCCCCCCCCCCC/C=C\CCCCCCCCCCCCCCCCCCCC(=O)NC(CO)C(O)CCCCCCCCCCCCCCCCC. The van der Waals surface area contributed by atoms with E-state index in [-0.39, 0.29) is 18.5 Å². The van der Waals surface area contributed by atoms with Crippen LogP contribution in [-0.2, 0) is 14.3 Å². The quantitative estimate of drug-likeness (QED) is 0.0320. The second-order valence-corrected chi connectivity index (χ2v) is 27.0. The lowest BCUT2D eigenvalue weighted by Crippen LogP contribution is -2.45. The van der Waals surface area contributed by atoms with Crippen molar-refractivity contribution in [3.63, 3.8) is 0 Å². The lowest BCUT2D eigenvalue weighted by molar-refractivity contribution is -0.143. The van der Waals surface area contributed by atoms with Gasteiger partial charge in [-0.15, -0.1) is 0 Å². The molecule has 85 heavy (non-hydrogen) atoms. The van der Waals surface area contributed by atoms with Crippen molar-refractivity contribution in [1.29, 1.82) is 0 Å². The van der Waals surface area contributed by atoms with E-state index in [1.54, 1.807) is 0 Å². The first kappa shape index (κ1) is 83.3. The van der Waals surface area contributed by atoms with Gasteiger partial charge in [-0.05, 0) is 77.0 Å². The summed E-state index contributed by atoms with van der Waals surface area (Å²) in [5.74, 6) is -0.0125. The predicted octanol–water partition coefficient (Wildman–Crippen LogP) is 25.7. The van der Waals surface area contributed by atoms with Crippen LogP contribution in [0.4, 0.5) is 0 Å². The van der Waals surface area contributed by atoms with Crippen LogP contribution < -0.4 is 5.32 Å². The smallest absolute Gasteiger partial charge is 0.305 e. The highest BCUT2D eigenvalue weighted by atomic mass is 16.5. The summed E-state index contributed by atoms with van der Waals surface area (Å²) in [6.45, 7) is 4.98. The minimum atomic E-state index is -0.661. The average molecular weight is 1200 g/mol. The number of nitrogens with one attached hydrogen (secondary N) is 1. The predicted molar refractivity (Wildman–Crippen MR) is 375 cm³/mol. The first-order chi connectivity index (χ1) is 42.0. The summed E-state index contributed by atoms with van der Waals surface area (Å²) in [5, 5.41) is 23.4. The molecule has 0 aromatic heterocycles. The van der Waals surface area contributed by atoms with E-state index in [0.29, 0.717) is 25.9 Å². The average Bonchev–Trinajstić information content (AvgIpc) is 3.52. The monoisotopic (exact) mass is 1200 g/mol. The number of aliphatic hydroxyl groups is 2. The molecule has 0 saturated heterocycles. The Morgan fingerprint density at radius 1 is 0.318 bits per heavy atom. The van der Waals surface area contributed by atoms with Crippen LogP contribution in [0, 0.1) is 0 Å². The van der Waals surface area contributed by atoms with Gasteiger partial charge in [0.2, 0.25) is 5.91 Å². The van der Waals surface area contributed by atoms with E-state index < -0.39 is 12.1 Å². The highest BCUT2D eigenvalue weighted by Gasteiger charge is 2.20. The Balaban J connectivity index is 3.31. The van der Waals surface area contributed by atoms with E-state index in [1.165, 1.54) is 366 Å². The molecule has 6 nitrogen and oxygen atoms in total. The maximum absolute atomic E-state index is 12.5. The van der Waals surface area contributed by atoms with Crippen LogP contribution in [0.25, 0.3) is 0 Å². The molecule has 0 heterocycles. The van der Waals surface area contributed by atoms with Gasteiger partial charge in [0.15, 0.2) is 0 Å². The maximum atomic E-state index is 12.5. The van der Waals surface area contributed by atoms with E-state index in [9.17, 15) is 19.8 Å². The molecule has 6 heteroatoms. The zero-order chi connectivity index (χ0) is 61.3. The number of aliphatic hydroxyl groups excluding tert-OH is 2. The molecule has 2 atom stereocenters. The summed E-state index contributed by atoms with van der Waals surface area (Å²) in [6.07, 6.45) is 95.6. The van der Waals surface area contributed by atoms with Crippen LogP contribution in [0.5, 0.6) is 0 Å². The minimum absolute atomic E-state index is 0.0146. The Labute approximate surface area is 532 Å². The molecule has 1 amide bonds. The molecule has 0 aliphatic heterocycles. The van der Waals surface area contributed by atoms with Gasteiger partial charge in [0.1, 0.15) is 0 Å². The molecule has 0 aliphatic rings. The van der Waals surface area contributed by atoms with Gasteiger partial charge in [0.25, 0.3) is 0 Å². The van der Waals surface area contributed by atoms with Crippen LogP contribution in [0.3, 0.4) is 0 Å². The summed E-state index contributed by atoms with van der Waals surface area (Å²) in [4.78, 5) is 24.6. The van der Waals surface area contributed by atoms with Gasteiger partial charge in [-0.25, -0.2) is 0 Å². The fourth-order valence-corrected chi connectivity index (χ4v) is 12.5. The highest BCUT2D eigenvalue weighted by Crippen LogP contribution is 2.20. The third kappa shape index (κ3) is 71.3. The van der Waals surface area contributed by atoms with Crippen LogP contribution >= 0.6 is 0 Å². The summed E-state index contributed by atoms with van der Waals surface area (Å²) >= 11 is 0. The lowest BCUT2D eigenvalue weighted by atomic mass is 10.0. The van der Waals surface area contributed by atoms with Crippen LogP contribution in [0.15, 0.2) is 24.3 Å². The van der Waals surface area contributed by atoms with Crippen molar-refractivity contribution in [1.82, 2.24) is 5.32 Å². The van der Waals surface area contributed by atoms with Crippen molar-refractivity contribution in [3.8, 4) is 0 Å². The van der Waals surface area contributed by atoms with Crippen molar-refractivity contribution in [2.24, 2.45) is 0 Å². The third-order valence-corrected chi connectivity index (χ3v) is 18.5. The number of ether oxygens (including phenoxy) is 1. The van der Waals surface area contributed by atoms with Gasteiger partial charge in [0.05, 0.1) is 25.4 Å². The number of hydrogen-bond acceptors (Lipinski definition) is 5. The number of rotatable bonds is 74. The zero-order valence-corrected chi connectivity index (χ0v) is 57.9. The number of hydrogen-bond donors (Lipinski definition) is 3. The topological polar surface area (TPSA) is 95.9 Å². The Morgan fingerprint density at radius 3 is 0.835 bits per heavy atom. The summed E-state index contributed by atoms with van der Waals surface area (Å²) < 4.78 is 5.49. The highest BCUT2D eigenvalue weighted by molar-refractivity contribution is 5.76. The third-order valence-electron chi connectivity index (χ3n) is 18.5. The van der Waals surface area contributed by atoms with E-state index in [2.05, 4.69) is 43.5 Å². The fraction of sp³-hybridized carbons (Fsp3) is 0.924. The van der Waals surface area contributed by atoms with E-state index in [0.717, 1.165) is 44.9 Å². The van der Waals surface area contributed by atoms with Gasteiger partial charge in [-0.3, -0.25) is 9.59 Å². The first-order valence-corrected chi connectivity index (χ1v) is 39.1. The molecule has 2 unspecified atom stereocenters. The number of carbonyl (C=O) groups is 2. The zero-order valence-electron chi connectivity index (χ0n) is 57.9. The Bertz CT molecular complexity index is 1330. The fourth-order valence-electron chi connectivity index (χ4n) is 12.5. The van der Waals surface area contributed by atoms with Gasteiger partial charge >= 0.3 is 5.97 Å². The number of allylic oxidation sites excluding steroid dienone is 4. The molecule has 504 valence electrons. The lowest BCUT2D eigenvalue weighted by Gasteiger charge is -2.22. The maximum Gasteiger partial charge on any atom is 0.305 e. The molecule has 0 aliphatic carbocycles. The van der Waals surface area contributed by atoms with Gasteiger partial charge in [0, 0.05) is 12.8 Å². The van der Waals surface area contributed by atoms with E-state index in [4.69, 9.17) is 4.74 Å². The largest absolute Gasteiger partial charge is 0.466 e. The summed E-state index contributed by atoms with van der Waals surface area (Å²) in [5.41, 5.74) is 0. The second kappa shape index (κ2) is 74.8. The Hall–Kier alpha value is -1.66. The number of carbonyl (C=O) groups excluding carboxylic acids is 2. The first-order valence-electron chi connectivity index (χ1n) is 39.1. The normalized spacial score (nSPS) is 12.6. The number of unbranched alkanes of at least 4 members (excludes halogenated alkanes) is 59. The van der Waals surface area contributed by atoms with Crippen molar-refractivity contribution in [2.45, 2.75) is 456 Å².